The van der Waals surface area contributed by atoms with Gasteiger partial charge in [-0.2, -0.15) is 5.26 Å². The van der Waals surface area contributed by atoms with E-state index in [1.165, 1.54) is 17.4 Å². The van der Waals surface area contributed by atoms with Gasteiger partial charge >= 0.3 is 0 Å². The third-order valence-corrected chi connectivity index (χ3v) is 2.63. The van der Waals surface area contributed by atoms with Gasteiger partial charge in [0.1, 0.15) is 12.4 Å². The lowest BCUT2D eigenvalue weighted by Gasteiger charge is -2.03. The Balaban J connectivity index is 2.08. The van der Waals surface area contributed by atoms with Crippen LogP contribution in [0.4, 0.5) is 4.39 Å². The van der Waals surface area contributed by atoms with E-state index in [4.69, 9.17) is 10.00 Å². The molecular weight excluding hydrogens is 227 g/mol. The van der Waals surface area contributed by atoms with Gasteiger partial charge in [-0.25, -0.2) is 9.37 Å². The first-order valence-corrected chi connectivity index (χ1v) is 5.38. The van der Waals surface area contributed by atoms with Crippen LogP contribution >= 0.6 is 11.3 Å². The fourth-order valence-corrected chi connectivity index (χ4v) is 1.64. The molecule has 2 rings (SSSR count). The van der Waals surface area contributed by atoms with Crippen LogP contribution in [-0.4, -0.2) is 4.98 Å². The lowest BCUT2D eigenvalue weighted by molar-refractivity contribution is 0.298. The zero-order chi connectivity index (χ0) is 11.4. The molecule has 0 amide bonds. The first-order chi connectivity index (χ1) is 7.79. The number of hydrogen-bond donors (Lipinski definition) is 0. The molecule has 0 bridgehead atoms. The van der Waals surface area contributed by atoms with Gasteiger partial charge in [0, 0.05) is 17.1 Å². The summed E-state index contributed by atoms with van der Waals surface area (Å²) in [4.78, 5) is 3.92. The Morgan fingerprint density at radius 3 is 3.00 bits per heavy atom. The van der Waals surface area contributed by atoms with Crippen LogP contribution < -0.4 is 4.74 Å². The van der Waals surface area contributed by atoms with Crippen molar-refractivity contribution in [3.8, 4) is 11.3 Å². The second-order valence-corrected chi connectivity index (χ2v) is 3.86. The molecule has 0 spiro atoms. The molecule has 80 valence electrons. The molecule has 0 saturated heterocycles. The molecule has 2 aromatic rings. The van der Waals surface area contributed by atoms with Crippen LogP contribution in [0.25, 0.3) is 0 Å². The highest BCUT2D eigenvalue weighted by Crippen LogP contribution is 2.17. The monoisotopic (exact) mass is 234 g/mol. The molecule has 0 aliphatic rings. The van der Waals surface area contributed by atoms with E-state index in [0.29, 0.717) is 16.3 Å². The van der Waals surface area contributed by atoms with Gasteiger partial charge in [-0.3, -0.25) is 0 Å². The highest BCUT2D eigenvalue weighted by molar-refractivity contribution is 7.11. The Morgan fingerprint density at radius 2 is 2.38 bits per heavy atom. The van der Waals surface area contributed by atoms with E-state index in [0.717, 1.165) is 0 Å². The highest BCUT2D eigenvalue weighted by Gasteiger charge is 2.05. The Morgan fingerprint density at radius 1 is 1.50 bits per heavy atom. The van der Waals surface area contributed by atoms with Gasteiger partial charge in [0.05, 0.1) is 11.6 Å². The zero-order valence-electron chi connectivity index (χ0n) is 8.18. The molecule has 0 N–H and O–H groups in total. The second-order valence-electron chi connectivity index (χ2n) is 3.00. The van der Waals surface area contributed by atoms with Crippen LogP contribution in [0.3, 0.4) is 0 Å². The minimum absolute atomic E-state index is 0.116. The highest BCUT2D eigenvalue weighted by atomic mass is 32.1. The summed E-state index contributed by atoms with van der Waals surface area (Å²) in [6, 6.07) is 6.17. The van der Waals surface area contributed by atoms with Crippen molar-refractivity contribution in [3.63, 3.8) is 0 Å². The van der Waals surface area contributed by atoms with Crippen molar-refractivity contribution in [2.24, 2.45) is 0 Å². The average molecular weight is 234 g/mol. The Kier molecular flexibility index (Phi) is 3.13. The normalized spacial score (nSPS) is 9.75. The van der Waals surface area contributed by atoms with Gasteiger partial charge in [-0.1, -0.05) is 17.4 Å². The van der Waals surface area contributed by atoms with Crippen molar-refractivity contribution in [2.45, 2.75) is 6.61 Å². The summed E-state index contributed by atoms with van der Waals surface area (Å²) in [5, 5.41) is 10.9. The molecule has 1 heterocycles. The third-order valence-electron chi connectivity index (χ3n) is 1.94. The molecular formula is C11H7FN2OS. The van der Waals surface area contributed by atoms with E-state index in [1.54, 1.807) is 23.7 Å². The topological polar surface area (TPSA) is 45.9 Å². The van der Waals surface area contributed by atoms with Gasteiger partial charge in [-0.15, -0.1) is 0 Å². The predicted octanol–water partition coefficient (Wildman–Crippen LogP) is 2.73. The molecule has 1 aromatic heterocycles. The summed E-state index contributed by atoms with van der Waals surface area (Å²) >= 11 is 1.35. The zero-order valence-corrected chi connectivity index (χ0v) is 9.00. The van der Waals surface area contributed by atoms with Gasteiger partial charge in [-0.05, 0) is 12.1 Å². The van der Waals surface area contributed by atoms with Gasteiger partial charge in [0.25, 0.3) is 5.19 Å². The van der Waals surface area contributed by atoms with Gasteiger partial charge in [0.2, 0.25) is 0 Å². The lowest BCUT2D eigenvalue weighted by atomic mass is 10.1. The van der Waals surface area contributed by atoms with E-state index >= 15 is 0 Å². The number of rotatable bonds is 3. The average Bonchev–Trinajstić information content (AvgIpc) is 2.80. The van der Waals surface area contributed by atoms with E-state index in [9.17, 15) is 4.39 Å². The van der Waals surface area contributed by atoms with E-state index < -0.39 is 5.82 Å². The van der Waals surface area contributed by atoms with Gasteiger partial charge in [0.15, 0.2) is 0 Å². The van der Waals surface area contributed by atoms with Crippen LogP contribution in [0.5, 0.6) is 5.19 Å². The largest absolute Gasteiger partial charge is 0.465 e. The minimum Gasteiger partial charge on any atom is -0.465 e. The molecule has 0 unspecified atom stereocenters. The summed E-state index contributed by atoms with van der Waals surface area (Å²) < 4.78 is 18.7. The number of aromatic nitrogens is 1. The van der Waals surface area contributed by atoms with Crippen LogP contribution in [0.15, 0.2) is 29.8 Å². The van der Waals surface area contributed by atoms with E-state index in [2.05, 4.69) is 4.98 Å². The van der Waals surface area contributed by atoms with E-state index in [-0.39, 0.29) is 6.61 Å². The Bertz CT molecular complexity index is 519. The first-order valence-electron chi connectivity index (χ1n) is 4.50. The minimum atomic E-state index is -0.435. The van der Waals surface area contributed by atoms with Crippen molar-refractivity contribution < 1.29 is 9.13 Å². The number of benzene rings is 1. The maximum absolute atomic E-state index is 13.4. The summed E-state index contributed by atoms with van der Waals surface area (Å²) in [6.45, 7) is 0.116. The van der Waals surface area contributed by atoms with Crippen molar-refractivity contribution in [1.82, 2.24) is 4.98 Å². The molecule has 5 heteroatoms. The maximum Gasteiger partial charge on any atom is 0.273 e. The number of halogens is 1. The maximum atomic E-state index is 13.4. The van der Waals surface area contributed by atoms with E-state index in [1.807, 2.05) is 6.07 Å². The number of thiazole rings is 1. The van der Waals surface area contributed by atoms with Gasteiger partial charge < -0.3 is 4.74 Å². The third kappa shape index (κ3) is 2.35. The van der Waals surface area contributed by atoms with Crippen LogP contribution in [0, 0.1) is 17.1 Å². The molecule has 0 aliphatic heterocycles. The molecule has 0 aliphatic carbocycles. The number of nitrogens with zero attached hydrogens (tertiary/aromatic N) is 2. The molecule has 0 radical (unpaired) electrons. The Hall–Kier alpha value is -1.93. The van der Waals surface area contributed by atoms with Crippen molar-refractivity contribution >= 4 is 11.3 Å². The smallest absolute Gasteiger partial charge is 0.273 e. The molecule has 16 heavy (non-hydrogen) atoms. The van der Waals surface area contributed by atoms with Crippen molar-refractivity contribution in [1.29, 1.82) is 5.26 Å². The second kappa shape index (κ2) is 4.73. The summed E-state index contributed by atoms with van der Waals surface area (Å²) in [6.07, 6.45) is 1.62. The summed E-state index contributed by atoms with van der Waals surface area (Å²) in [7, 11) is 0. The standard InChI is InChI=1S/C11H7FN2OS/c12-10-5-8(6-13)1-2-9(10)7-15-11-14-3-4-16-11/h1-5H,7H2. The molecule has 0 atom stereocenters. The molecule has 3 nitrogen and oxygen atoms in total. The summed E-state index contributed by atoms with van der Waals surface area (Å²) in [5.41, 5.74) is 0.713. The van der Waals surface area contributed by atoms with Crippen LogP contribution in [-0.2, 0) is 6.61 Å². The number of nitriles is 1. The van der Waals surface area contributed by atoms with Crippen LogP contribution in [0.2, 0.25) is 0 Å². The van der Waals surface area contributed by atoms with Crippen LogP contribution in [0.1, 0.15) is 11.1 Å². The van der Waals surface area contributed by atoms with Crippen molar-refractivity contribution in [2.75, 3.05) is 0 Å². The Labute approximate surface area is 95.8 Å². The number of ether oxygens (including phenoxy) is 1. The molecule has 0 fully saturated rings. The lowest BCUT2D eigenvalue weighted by Crippen LogP contribution is -1.98. The quantitative estimate of drug-likeness (QED) is 0.820. The van der Waals surface area contributed by atoms with Crippen molar-refractivity contribution in [3.05, 3.63) is 46.7 Å². The fourth-order valence-electron chi connectivity index (χ4n) is 1.16. The fraction of sp³-hybridized carbons (Fsp3) is 0.0909. The SMILES string of the molecule is N#Cc1ccc(COc2nccs2)c(F)c1. The predicted molar refractivity (Wildman–Crippen MR) is 57.6 cm³/mol. The first kappa shape index (κ1) is 10.6. The number of hydrogen-bond acceptors (Lipinski definition) is 4. The summed E-state index contributed by atoms with van der Waals surface area (Å²) in [5.74, 6) is -0.435. The molecule has 0 saturated carbocycles. The molecule has 1 aromatic carbocycles.